The Morgan fingerprint density at radius 3 is 2.76 bits per heavy atom. The first-order chi connectivity index (χ1) is 9.97. The average molecular weight is 330 g/mol. The fraction of sp³-hybridized carbons (Fsp3) is 0.167. The number of methoxy groups -OCH3 is 1. The Kier molecular flexibility index (Phi) is 4.61. The maximum Gasteiger partial charge on any atom is 0.266 e. The van der Waals surface area contributed by atoms with Crippen molar-refractivity contribution in [3.63, 3.8) is 0 Å². The quantitative estimate of drug-likeness (QED) is 0.860. The molecule has 0 aliphatic heterocycles. The van der Waals surface area contributed by atoms with Gasteiger partial charge in [-0.25, -0.2) is 8.42 Å². The molecule has 0 radical (unpaired) electrons. The third kappa shape index (κ3) is 3.41. The standard InChI is InChI=1S/C12H12ClN3O4S/c1-20-12-8(7-17)5-9(13)6-10(12)21(18,19)16-11-3-2-4-14-15-11/h2-6,17H,7H2,1H3,(H,15,16). The summed E-state index contributed by atoms with van der Waals surface area (Å²) in [5.41, 5.74) is 0.268. The van der Waals surface area contributed by atoms with Gasteiger partial charge in [0.05, 0.1) is 13.7 Å². The molecule has 112 valence electrons. The fourth-order valence-electron chi connectivity index (χ4n) is 1.72. The monoisotopic (exact) mass is 329 g/mol. The Hall–Kier alpha value is -1.90. The first-order valence-electron chi connectivity index (χ1n) is 5.75. The van der Waals surface area contributed by atoms with Crippen molar-refractivity contribution in [2.45, 2.75) is 11.5 Å². The van der Waals surface area contributed by atoms with Gasteiger partial charge < -0.3 is 9.84 Å². The van der Waals surface area contributed by atoms with Gasteiger partial charge in [-0.2, -0.15) is 5.10 Å². The van der Waals surface area contributed by atoms with Gasteiger partial charge in [-0.15, -0.1) is 5.10 Å². The third-order valence-corrected chi connectivity index (χ3v) is 4.15. The molecule has 9 heteroatoms. The van der Waals surface area contributed by atoms with E-state index in [0.717, 1.165) is 0 Å². The van der Waals surface area contributed by atoms with Crippen LogP contribution >= 0.6 is 11.6 Å². The number of aliphatic hydroxyl groups excluding tert-OH is 1. The van der Waals surface area contributed by atoms with Crippen LogP contribution in [0.5, 0.6) is 5.75 Å². The minimum absolute atomic E-state index is 0.0262. The summed E-state index contributed by atoms with van der Waals surface area (Å²) in [6, 6.07) is 5.66. The molecule has 0 aliphatic carbocycles. The van der Waals surface area contributed by atoms with Crippen molar-refractivity contribution >= 4 is 27.4 Å². The first kappa shape index (κ1) is 15.5. The number of nitrogens with zero attached hydrogens (tertiary/aromatic N) is 2. The molecule has 2 aromatic rings. The lowest BCUT2D eigenvalue weighted by Gasteiger charge is -2.14. The number of anilines is 1. The van der Waals surface area contributed by atoms with Crippen LogP contribution in [0.15, 0.2) is 35.4 Å². The van der Waals surface area contributed by atoms with Crippen molar-refractivity contribution in [1.82, 2.24) is 10.2 Å². The van der Waals surface area contributed by atoms with Crippen LogP contribution in [0.1, 0.15) is 5.56 Å². The van der Waals surface area contributed by atoms with Crippen LogP contribution in [0.4, 0.5) is 5.82 Å². The second-order valence-electron chi connectivity index (χ2n) is 3.97. The minimum atomic E-state index is -3.98. The van der Waals surface area contributed by atoms with Crippen molar-refractivity contribution in [2.75, 3.05) is 11.8 Å². The minimum Gasteiger partial charge on any atom is -0.495 e. The predicted molar refractivity (Wildman–Crippen MR) is 76.8 cm³/mol. The number of ether oxygens (including phenoxy) is 1. The van der Waals surface area contributed by atoms with E-state index in [2.05, 4.69) is 14.9 Å². The zero-order chi connectivity index (χ0) is 15.5. The number of rotatable bonds is 5. The second kappa shape index (κ2) is 6.25. The second-order valence-corrected chi connectivity index (χ2v) is 6.06. The van der Waals surface area contributed by atoms with Crippen LogP contribution in [0.3, 0.4) is 0 Å². The van der Waals surface area contributed by atoms with Gasteiger partial charge in [0, 0.05) is 16.8 Å². The fourth-order valence-corrected chi connectivity index (χ4v) is 3.26. The SMILES string of the molecule is COc1c(CO)cc(Cl)cc1S(=O)(=O)Nc1cccnn1. The molecule has 0 fully saturated rings. The van der Waals surface area contributed by atoms with Gasteiger partial charge in [-0.3, -0.25) is 4.72 Å². The van der Waals surface area contributed by atoms with Gasteiger partial charge in [-0.1, -0.05) is 11.6 Å². The summed E-state index contributed by atoms with van der Waals surface area (Å²) in [4.78, 5) is -0.188. The number of nitrogens with one attached hydrogen (secondary N) is 1. The van der Waals surface area contributed by atoms with Crippen LogP contribution < -0.4 is 9.46 Å². The van der Waals surface area contributed by atoms with E-state index in [1.54, 1.807) is 6.07 Å². The Bertz CT molecular complexity index is 738. The van der Waals surface area contributed by atoms with Crippen molar-refractivity contribution in [3.05, 3.63) is 41.0 Å². The van der Waals surface area contributed by atoms with E-state index in [0.29, 0.717) is 0 Å². The summed E-state index contributed by atoms with van der Waals surface area (Å²) in [6.07, 6.45) is 1.42. The molecular formula is C12H12ClN3O4S. The molecule has 1 aromatic heterocycles. The van der Waals surface area contributed by atoms with Crippen molar-refractivity contribution in [1.29, 1.82) is 0 Å². The molecule has 0 spiro atoms. The Labute approximate surface area is 126 Å². The zero-order valence-electron chi connectivity index (χ0n) is 10.9. The summed E-state index contributed by atoms with van der Waals surface area (Å²) in [6.45, 7) is -0.405. The molecule has 7 nitrogen and oxygen atoms in total. The van der Waals surface area contributed by atoms with Crippen LogP contribution in [0, 0.1) is 0 Å². The molecule has 1 aromatic carbocycles. The number of benzene rings is 1. The highest BCUT2D eigenvalue weighted by Crippen LogP contribution is 2.32. The summed E-state index contributed by atoms with van der Waals surface area (Å²) < 4.78 is 32.1. The molecule has 0 saturated heterocycles. The molecule has 1 heterocycles. The molecule has 0 saturated carbocycles. The Morgan fingerprint density at radius 2 is 2.19 bits per heavy atom. The average Bonchev–Trinajstić information content (AvgIpc) is 2.46. The Balaban J connectivity index is 2.51. The molecule has 2 rings (SSSR count). The van der Waals surface area contributed by atoms with E-state index in [9.17, 15) is 13.5 Å². The topological polar surface area (TPSA) is 101 Å². The number of sulfonamides is 1. The van der Waals surface area contributed by atoms with Crippen molar-refractivity contribution in [2.24, 2.45) is 0 Å². The molecule has 0 atom stereocenters. The maximum absolute atomic E-state index is 12.4. The van der Waals surface area contributed by atoms with E-state index < -0.39 is 16.6 Å². The zero-order valence-corrected chi connectivity index (χ0v) is 12.5. The highest BCUT2D eigenvalue weighted by molar-refractivity contribution is 7.92. The number of hydrogen-bond donors (Lipinski definition) is 2. The normalized spacial score (nSPS) is 11.2. The lowest BCUT2D eigenvalue weighted by molar-refractivity contribution is 0.272. The first-order valence-corrected chi connectivity index (χ1v) is 7.62. The lowest BCUT2D eigenvalue weighted by atomic mass is 10.2. The van der Waals surface area contributed by atoms with Gasteiger partial charge in [0.15, 0.2) is 5.82 Å². The van der Waals surface area contributed by atoms with Gasteiger partial charge in [-0.05, 0) is 24.3 Å². The van der Waals surface area contributed by atoms with Crippen molar-refractivity contribution < 1.29 is 18.3 Å². The highest BCUT2D eigenvalue weighted by atomic mass is 35.5. The molecule has 0 aliphatic rings. The van der Waals surface area contributed by atoms with E-state index in [-0.39, 0.29) is 27.0 Å². The summed E-state index contributed by atoms with van der Waals surface area (Å²) >= 11 is 5.88. The molecule has 0 bridgehead atoms. The van der Waals surface area contributed by atoms with Crippen molar-refractivity contribution in [3.8, 4) is 5.75 Å². The molecule has 0 unspecified atom stereocenters. The molecule has 0 amide bonds. The van der Waals surface area contributed by atoms with Gasteiger partial charge in [0.2, 0.25) is 0 Å². The third-order valence-electron chi connectivity index (χ3n) is 2.57. The summed E-state index contributed by atoms with van der Waals surface area (Å²) in [5, 5.41) is 16.7. The molecule has 21 heavy (non-hydrogen) atoms. The number of aromatic nitrogens is 2. The van der Waals surface area contributed by atoms with Gasteiger partial charge >= 0.3 is 0 Å². The number of aliphatic hydroxyl groups is 1. The van der Waals surface area contributed by atoms with Gasteiger partial charge in [0.25, 0.3) is 10.0 Å². The van der Waals surface area contributed by atoms with Crippen LogP contribution in [-0.4, -0.2) is 30.8 Å². The van der Waals surface area contributed by atoms with Crippen LogP contribution in [0.25, 0.3) is 0 Å². The summed E-state index contributed by atoms with van der Waals surface area (Å²) in [7, 11) is -2.67. The molecule has 2 N–H and O–H groups in total. The van der Waals surface area contributed by atoms with Crippen LogP contribution in [-0.2, 0) is 16.6 Å². The predicted octanol–water partition coefficient (Wildman–Crippen LogP) is 1.43. The van der Waals surface area contributed by atoms with Gasteiger partial charge in [0.1, 0.15) is 10.6 Å². The summed E-state index contributed by atoms with van der Waals surface area (Å²) in [5.74, 6) is 0.0865. The number of halogens is 1. The maximum atomic E-state index is 12.4. The lowest BCUT2D eigenvalue weighted by Crippen LogP contribution is -2.16. The van der Waals surface area contributed by atoms with E-state index in [1.165, 1.54) is 31.5 Å². The molecular weight excluding hydrogens is 318 g/mol. The number of hydrogen-bond acceptors (Lipinski definition) is 6. The smallest absolute Gasteiger partial charge is 0.266 e. The van der Waals surface area contributed by atoms with E-state index in [1.807, 2.05) is 0 Å². The van der Waals surface area contributed by atoms with E-state index in [4.69, 9.17) is 16.3 Å². The largest absolute Gasteiger partial charge is 0.495 e. The Morgan fingerprint density at radius 1 is 1.43 bits per heavy atom. The highest BCUT2D eigenvalue weighted by Gasteiger charge is 2.23. The van der Waals surface area contributed by atoms with Crippen LogP contribution in [0.2, 0.25) is 5.02 Å². The van der Waals surface area contributed by atoms with E-state index >= 15 is 0 Å².